The average Bonchev–Trinajstić information content (AvgIpc) is 3.81. The number of nitrogens with zero attached hydrogens (tertiary/aromatic N) is 1. The highest BCUT2D eigenvalue weighted by Gasteiger charge is 2.44. The van der Waals surface area contributed by atoms with Gasteiger partial charge in [-0.3, -0.25) is 9.59 Å². The first-order chi connectivity index (χ1) is 21.3. The summed E-state index contributed by atoms with van der Waals surface area (Å²) in [6.07, 6.45) is 5.04. The highest BCUT2D eigenvalue weighted by molar-refractivity contribution is 5.81. The summed E-state index contributed by atoms with van der Waals surface area (Å²) in [5, 5.41) is 18.1. The number of hydrogen-bond acceptors (Lipinski definition) is 6. The SMILES string of the molecule is CCCN1CCCCOc2cc(F)cc(c2)CC(C(O)CNC2(c3cccc(CC)c3)CC2)NC(=O)C(COC)CCC1=O. The Labute approximate surface area is 261 Å². The van der Waals surface area contributed by atoms with Crippen LogP contribution in [0.5, 0.6) is 5.75 Å². The van der Waals surface area contributed by atoms with Gasteiger partial charge in [-0.15, -0.1) is 0 Å². The first-order valence-electron chi connectivity index (χ1n) is 16.3. The monoisotopic (exact) mass is 611 g/mol. The molecule has 3 atom stereocenters. The molecule has 1 heterocycles. The van der Waals surface area contributed by atoms with E-state index in [1.165, 1.54) is 30.4 Å². The van der Waals surface area contributed by atoms with E-state index >= 15 is 0 Å². The second kappa shape index (κ2) is 16.3. The molecule has 44 heavy (non-hydrogen) atoms. The van der Waals surface area contributed by atoms with Gasteiger partial charge >= 0.3 is 0 Å². The van der Waals surface area contributed by atoms with Gasteiger partial charge in [-0.05, 0) is 80.2 Å². The molecule has 0 radical (unpaired) electrons. The fourth-order valence-electron chi connectivity index (χ4n) is 6.06. The summed E-state index contributed by atoms with van der Waals surface area (Å²) < 4.78 is 26.0. The Morgan fingerprint density at radius 2 is 2.00 bits per heavy atom. The van der Waals surface area contributed by atoms with Crippen molar-refractivity contribution >= 4 is 11.8 Å². The van der Waals surface area contributed by atoms with Crippen LogP contribution in [0, 0.1) is 11.7 Å². The first-order valence-corrected chi connectivity index (χ1v) is 16.3. The van der Waals surface area contributed by atoms with E-state index in [0.717, 1.165) is 38.5 Å². The zero-order valence-electron chi connectivity index (χ0n) is 26.6. The predicted octanol–water partition coefficient (Wildman–Crippen LogP) is 4.51. The van der Waals surface area contributed by atoms with Crippen LogP contribution in [0.15, 0.2) is 42.5 Å². The molecule has 2 aliphatic rings. The van der Waals surface area contributed by atoms with Crippen molar-refractivity contribution in [3.05, 3.63) is 65.0 Å². The van der Waals surface area contributed by atoms with Crippen LogP contribution in [-0.2, 0) is 32.7 Å². The van der Waals surface area contributed by atoms with Crippen LogP contribution in [0.4, 0.5) is 4.39 Å². The Morgan fingerprint density at radius 1 is 1.18 bits per heavy atom. The Morgan fingerprint density at radius 3 is 2.73 bits per heavy atom. The van der Waals surface area contributed by atoms with Crippen molar-refractivity contribution in [2.24, 2.45) is 5.92 Å². The zero-order valence-corrected chi connectivity index (χ0v) is 26.6. The number of carbonyl (C=O) groups is 2. The smallest absolute Gasteiger partial charge is 0.225 e. The fourth-order valence-corrected chi connectivity index (χ4v) is 6.06. The lowest BCUT2D eigenvalue weighted by Crippen LogP contribution is -2.52. The molecule has 0 aromatic heterocycles. The number of halogens is 1. The van der Waals surface area contributed by atoms with Gasteiger partial charge < -0.3 is 30.1 Å². The summed E-state index contributed by atoms with van der Waals surface area (Å²) in [6, 6.07) is 12.4. The maximum Gasteiger partial charge on any atom is 0.225 e. The van der Waals surface area contributed by atoms with Crippen molar-refractivity contribution in [3.8, 4) is 5.75 Å². The topological polar surface area (TPSA) is 100 Å². The van der Waals surface area contributed by atoms with Gasteiger partial charge in [0.25, 0.3) is 0 Å². The molecule has 2 amide bonds. The highest BCUT2D eigenvalue weighted by Crippen LogP contribution is 2.45. The summed E-state index contributed by atoms with van der Waals surface area (Å²) in [6.45, 7) is 6.24. The second-order valence-corrected chi connectivity index (χ2v) is 12.3. The molecule has 9 heteroatoms. The zero-order chi connectivity index (χ0) is 31.5. The van der Waals surface area contributed by atoms with E-state index in [-0.39, 0.29) is 43.3 Å². The van der Waals surface area contributed by atoms with Crippen LogP contribution in [0.25, 0.3) is 0 Å². The molecule has 0 spiro atoms. The van der Waals surface area contributed by atoms with Gasteiger partial charge in [0.05, 0.1) is 31.3 Å². The molecule has 2 aromatic rings. The van der Waals surface area contributed by atoms with E-state index < -0.39 is 23.9 Å². The van der Waals surface area contributed by atoms with Crippen LogP contribution in [0.1, 0.15) is 75.5 Å². The van der Waals surface area contributed by atoms with E-state index in [1.807, 2.05) is 11.8 Å². The number of aliphatic hydroxyl groups excluding tert-OH is 1. The Balaban J connectivity index is 1.55. The molecule has 3 unspecified atom stereocenters. The van der Waals surface area contributed by atoms with Crippen LogP contribution in [0.2, 0.25) is 0 Å². The number of rotatable bonds is 10. The summed E-state index contributed by atoms with van der Waals surface area (Å²) in [5.74, 6) is -0.864. The Bertz CT molecular complexity index is 1240. The fraction of sp³-hybridized carbons (Fsp3) is 0.600. The lowest BCUT2D eigenvalue weighted by Gasteiger charge is -2.29. The molecule has 1 aliphatic carbocycles. The molecule has 2 aromatic carbocycles. The molecule has 0 saturated heterocycles. The van der Waals surface area contributed by atoms with E-state index in [0.29, 0.717) is 37.4 Å². The van der Waals surface area contributed by atoms with Gasteiger partial charge in [0.1, 0.15) is 11.6 Å². The average molecular weight is 612 g/mol. The van der Waals surface area contributed by atoms with Crippen LogP contribution in [0.3, 0.4) is 0 Å². The van der Waals surface area contributed by atoms with Crippen molar-refractivity contribution in [1.82, 2.24) is 15.5 Å². The largest absolute Gasteiger partial charge is 0.493 e. The van der Waals surface area contributed by atoms with Crippen LogP contribution >= 0.6 is 0 Å². The third-order valence-electron chi connectivity index (χ3n) is 8.85. The molecular weight excluding hydrogens is 561 g/mol. The van der Waals surface area contributed by atoms with E-state index in [4.69, 9.17) is 9.47 Å². The van der Waals surface area contributed by atoms with Crippen LogP contribution in [-0.4, -0.2) is 73.9 Å². The number of aryl methyl sites for hydroxylation is 1. The summed E-state index contributed by atoms with van der Waals surface area (Å²) in [4.78, 5) is 28.6. The lowest BCUT2D eigenvalue weighted by molar-refractivity contribution is -0.133. The van der Waals surface area contributed by atoms with Gasteiger partial charge in [0.2, 0.25) is 11.8 Å². The van der Waals surface area contributed by atoms with E-state index in [9.17, 15) is 19.1 Å². The predicted molar refractivity (Wildman–Crippen MR) is 169 cm³/mol. The molecule has 1 fully saturated rings. The quantitative estimate of drug-likeness (QED) is 0.366. The van der Waals surface area contributed by atoms with E-state index in [1.54, 1.807) is 6.07 Å². The minimum Gasteiger partial charge on any atom is -0.493 e. The first kappa shape index (κ1) is 33.9. The molecule has 8 nitrogen and oxygen atoms in total. The summed E-state index contributed by atoms with van der Waals surface area (Å²) >= 11 is 0. The minimum atomic E-state index is -0.953. The van der Waals surface area contributed by atoms with Crippen molar-refractivity contribution in [3.63, 3.8) is 0 Å². The highest BCUT2D eigenvalue weighted by atomic mass is 19.1. The second-order valence-electron chi connectivity index (χ2n) is 12.3. The number of amides is 2. The summed E-state index contributed by atoms with van der Waals surface area (Å²) in [7, 11) is 1.54. The molecule has 1 aliphatic heterocycles. The third-order valence-corrected chi connectivity index (χ3v) is 8.85. The number of benzene rings is 2. The van der Waals surface area contributed by atoms with Gasteiger partial charge in [-0.25, -0.2) is 4.39 Å². The van der Waals surface area contributed by atoms with Gasteiger partial charge in [-0.2, -0.15) is 0 Å². The van der Waals surface area contributed by atoms with Crippen LogP contribution < -0.4 is 15.4 Å². The molecule has 2 bridgehead atoms. The minimum absolute atomic E-state index is 0.0161. The van der Waals surface area contributed by atoms with E-state index in [2.05, 4.69) is 41.8 Å². The summed E-state index contributed by atoms with van der Waals surface area (Å²) in [5.41, 5.74) is 2.89. The van der Waals surface area contributed by atoms with Gasteiger partial charge in [0, 0.05) is 44.8 Å². The lowest BCUT2D eigenvalue weighted by atomic mass is 9.96. The maximum absolute atomic E-state index is 14.7. The molecule has 242 valence electrons. The normalized spacial score (nSPS) is 22.1. The third kappa shape index (κ3) is 9.49. The standard InChI is InChI=1S/C35H50FN3O5/c1-4-15-39-16-6-7-17-44-30-20-26(19-29(36)22-30)21-31(38-34(42)27(24-43-3)11-12-33(39)41)32(40)23-37-35(13-14-35)28-10-8-9-25(5-2)18-28/h8-10,18-20,22,27,31-32,37,40H,4-7,11-17,21,23-24H2,1-3H3,(H,38,42). The van der Waals surface area contributed by atoms with Crippen molar-refractivity contribution in [1.29, 1.82) is 0 Å². The molecular formula is C35H50FN3O5. The molecule has 4 rings (SSSR count). The van der Waals surface area contributed by atoms with Crippen molar-refractivity contribution < 1.29 is 28.6 Å². The van der Waals surface area contributed by atoms with Gasteiger partial charge in [-0.1, -0.05) is 38.1 Å². The maximum atomic E-state index is 14.7. The number of methoxy groups -OCH3 is 1. The number of fused-ring (bicyclic) bond motifs is 2. The number of aliphatic hydroxyl groups is 1. The molecule has 1 saturated carbocycles. The number of hydrogen-bond donors (Lipinski definition) is 3. The van der Waals surface area contributed by atoms with Gasteiger partial charge in [0.15, 0.2) is 0 Å². The van der Waals surface area contributed by atoms with Crippen molar-refractivity contribution in [2.45, 2.75) is 89.3 Å². The molecule has 3 N–H and O–H groups in total. The number of nitrogens with one attached hydrogen (secondary N) is 2. The number of carbonyl (C=O) groups excluding carboxylic acids is 2. The Kier molecular flexibility index (Phi) is 12.6. The van der Waals surface area contributed by atoms with Crippen molar-refractivity contribution in [2.75, 3.05) is 40.0 Å². The number of ether oxygens (including phenoxy) is 2. The Hall–Kier alpha value is -3.01.